The van der Waals surface area contributed by atoms with Gasteiger partial charge in [-0.3, -0.25) is 14.4 Å². The number of fused-ring (bicyclic) bond motifs is 1. The number of allylic oxidation sites excluding steroid dienone is 2. The van der Waals surface area contributed by atoms with Crippen LogP contribution in [0, 0.1) is 5.92 Å². The quantitative estimate of drug-likeness (QED) is 0.183. The van der Waals surface area contributed by atoms with Gasteiger partial charge in [-0.05, 0) is 40.2 Å². The van der Waals surface area contributed by atoms with E-state index in [9.17, 15) is 19.2 Å². The summed E-state index contributed by atoms with van der Waals surface area (Å²) < 4.78 is 22.2. The molecule has 2 rings (SSSR count). The van der Waals surface area contributed by atoms with Crippen LogP contribution in [0.15, 0.2) is 35.5 Å². The molecule has 0 aromatic rings. The summed E-state index contributed by atoms with van der Waals surface area (Å²) in [5, 5.41) is 0. The SMILES string of the molecule is C=C(C(CC=C(C)C)OC(=O)/C(C)=C\C)C1[C@H](OC(C)=O)C(=O)[C@@]2(C)O[C@H]2[C@@H]1OC(C)=O. The second kappa shape index (κ2) is 9.81. The Kier molecular flexibility index (Phi) is 7.83. The largest absolute Gasteiger partial charge is 0.459 e. The second-order valence-electron chi connectivity index (χ2n) is 8.60. The Labute approximate surface area is 188 Å². The van der Waals surface area contributed by atoms with Gasteiger partial charge < -0.3 is 18.9 Å². The van der Waals surface area contributed by atoms with Crippen LogP contribution in [-0.4, -0.2) is 53.7 Å². The highest BCUT2D eigenvalue weighted by Gasteiger charge is 2.72. The van der Waals surface area contributed by atoms with Crippen molar-refractivity contribution in [3.8, 4) is 0 Å². The second-order valence-corrected chi connectivity index (χ2v) is 8.60. The van der Waals surface area contributed by atoms with E-state index in [1.807, 2.05) is 19.9 Å². The zero-order chi connectivity index (χ0) is 24.4. The summed E-state index contributed by atoms with van der Waals surface area (Å²) in [4.78, 5) is 49.3. The molecule has 8 nitrogen and oxygen atoms in total. The van der Waals surface area contributed by atoms with Gasteiger partial charge in [0.1, 0.15) is 18.3 Å². The highest BCUT2D eigenvalue weighted by molar-refractivity contribution is 5.97. The first kappa shape index (κ1) is 25.5. The summed E-state index contributed by atoms with van der Waals surface area (Å²) in [5.41, 5.74) is 0.492. The average Bonchev–Trinajstić information content (AvgIpc) is 3.40. The van der Waals surface area contributed by atoms with E-state index in [4.69, 9.17) is 18.9 Å². The van der Waals surface area contributed by atoms with Crippen molar-refractivity contribution in [3.05, 3.63) is 35.5 Å². The van der Waals surface area contributed by atoms with Gasteiger partial charge in [-0.25, -0.2) is 4.79 Å². The fourth-order valence-electron chi connectivity index (χ4n) is 3.83. The number of esters is 3. The molecule has 32 heavy (non-hydrogen) atoms. The Morgan fingerprint density at radius 3 is 2.22 bits per heavy atom. The number of carbonyl (C=O) groups excluding carboxylic acids is 4. The van der Waals surface area contributed by atoms with Gasteiger partial charge in [-0.2, -0.15) is 0 Å². The van der Waals surface area contributed by atoms with Crippen molar-refractivity contribution < 1.29 is 38.1 Å². The molecule has 0 N–H and O–H groups in total. The van der Waals surface area contributed by atoms with Gasteiger partial charge in [0, 0.05) is 25.8 Å². The summed E-state index contributed by atoms with van der Waals surface area (Å²) in [5.74, 6) is -3.17. The Balaban J connectivity index is 2.49. The molecule has 1 heterocycles. The summed E-state index contributed by atoms with van der Waals surface area (Å²) in [6.07, 6.45) is 0.0234. The molecule has 2 fully saturated rings. The van der Waals surface area contributed by atoms with Crippen molar-refractivity contribution in [2.45, 2.75) is 84.9 Å². The molecule has 0 aromatic carbocycles. The molecule has 6 atom stereocenters. The Hall–Kier alpha value is -2.74. The minimum Gasteiger partial charge on any atom is -0.459 e. The molecular weight excluding hydrogens is 416 g/mol. The zero-order valence-corrected chi connectivity index (χ0v) is 19.7. The predicted octanol–water partition coefficient (Wildman–Crippen LogP) is 3.00. The number of Topliss-reactive ketones (excluding diaryl/α,β-unsaturated/α-hetero) is 1. The van der Waals surface area contributed by atoms with Crippen LogP contribution in [0.3, 0.4) is 0 Å². The lowest BCUT2D eigenvalue weighted by Crippen LogP contribution is -2.56. The van der Waals surface area contributed by atoms with E-state index in [2.05, 4.69) is 6.58 Å². The molecule has 1 saturated carbocycles. The smallest absolute Gasteiger partial charge is 0.333 e. The lowest BCUT2D eigenvalue weighted by atomic mass is 9.72. The predicted molar refractivity (Wildman–Crippen MR) is 115 cm³/mol. The van der Waals surface area contributed by atoms with Gasteiger partial charge in [-0.1, -0.05) is 24.3 Å². The summed E-state index contributed by atoms with van der Waals surface area (Å²) in [6, 6.07) is 0. The lowest BCUT2D eigenvalue weighted by Gasteiger charge is -2.38. The fourth-order valence-corrected chi connectivity index (χ4v) is 3.83. The molecule has 1 aliphatic carbocycles. The topological polar surface area (TPSA) is 108 Å². The third-order valence-corrected chi connectivity index (χ3v) is 5.76. The minimum atomic E-state index is -1.29. The van der Waals surface area contributed by atoms with Crippen molar-refractivity contribution >= 4 is 23.7 Å². The van der Waals surface area contributed by atoms with Crippen molar-refractivity contribution in [1.82, 2.24) is 0 Å². The maximum atomic E-state index is 13.1. The zero-order valence-electron chi connectivity index (χ0n) is 19.7. The van der Waals surface area contributed by atoms with Crippen LogP contribution >= 0.6 is 0 Å². The molecule has 176 valence electrons. The van der Waals surface area contributed by atoms with Crippen molar-refractivity contribution in [2.24, 2.45) is 5.92 Å². The van der Waals surface area contributed by atoms with Crippen molar-refractivity contribution in [2.75, 3.05) is 0 Å². The summed E-state index contributed by atoms with van der Waals surface area (Å²) >= 11 is 0. The minimum absolute atomic E-state index is 0.289. The first-order valence-electron chi connectivity index (χ1n) is 10.6. The molecule has 2 unspecified atom stereocenters. The number of ketones is 1. The molecular formula is C24H32O8. The number of epoxide rings is 1. The van der Waals surface area contributed by atoms with E-state index in [1.54, 1.807) is 26.8 Å². The molecule has 0 bridgehead atoms. The molecule has 1 aliphatic heterocycles. The van der Waals surface area contributed by atoms with Gasteiger partial charge in [0.15, 0.2) is 11.7 Å². The molecule has 0 spiro atoms. The average molecular weight is 449 g/mol. The number of rotatable bonds is 8. The molecule has 0 amide bonds. The standard InChI is InChI=1S/C24H32O8/c1-9-13(4)23(28)31-17(11-10-12(2)3)14(5)18-19(29-15(6)25)21(27)24(8)22(32-24)20(18)30-16(7)26/h9-10,17-20,22H,5,11H2,1-4,6-8H3/b13-9-/t17?,18?,19-,20+,22-,24+/m0/s1. The first-order chi connectivity index (χ1) is 14.8. The van der Waals surface area contributed by atoms with Gasteiger partial charge >= 0.3 is 17.9 Å². The Morgan fingerprint density at radius 1 is 1.12 bits per heavy atom. The van der Waals surface area contributed by atoms with Gasteiger partial charge in [0.25, 0.3) is 0 Å². The maximum absolute atomic E-state index is 13.1. The monoisotopic (exact) mass is 448 g/mol. The number of carbonyl (C=O) groups is 4. The highest BCUT2D eigenvalue weighted by atomic mass is 16.7. The molecule has 0 radical (unpaired) electrons. The van der Waals surface area contributed by atoms with Crippen LogP contribution in [0.25, 0.3) is 0 Å². The van der Waals surface area contributed by atoms with Gasteiger partial charge in [-0.15, -0.1) is 0 Å². The van der Waals surface area contributed by atoms with Crippen LogP contribution in [0.4, 0.5) is 0 Å². The summed E-state index contributed by atoms with van der Waals surface area (Å²) in [7, 11) is 0. The van der Waals surface area contributed by atoms with E-state index in [0.29, 0.717) is 11.1 Å². The molecule has 0 aromatic heterocycles. The number of hydrogen-bond acceptors (Lipinski definition) is 8. The van der Waals surface area contributed by atoms with Crippen molar-refractivity contribution in [3.63, 3.8) is 0 Å². The van der Waals surface area contributed by atoms with Crippen LogP contribution in [0.2, 0.25) is 0 Å². The molecule has 1 saturated heterocycles. The van der Waals surface area contributed by atoms with Crippen LogP contribution in [0.1, 0.15) is 54.9 Å². The molecule has 2 aliphatic rings. The normalized spacial score (nSPS) is 29.8. The Morgan fingerprint density at radius 2 is 1.72 bits per heavy atom. The number of ether oxygens (including phenoxy) is 4. The van der Waals surface area contributed by atoms with Crippen LogP contribution in [0.5, 0.6) is 0 Å². The van der Waals surface area contributed by atoms with E-state index < -0.39 is 59.6 Å². The molecule has 8 heteroatoms. The first-order valence-corrected chi connectivity index (χ1v) is 10.6. The highest BCUT2D eigenvalue weighted by Crippen LogP contribution is 2.51. The fraction of sp³-hybridized carbons (Fsp3) is 0.583. The third-order valence-electron chi connectivity index (χ3n) is 5.76. The van der Waals surface area contributed by atoms with E-state index in [1.165, 1.54) is 13.8 Å². The number of hydrogen-bond donors (Lipinski definition) is 0. The van der Waals surface area contributed by atoms with Gasteiger partial charge in [0.05, 0.1) is 5.92 Å². The van der Waals surface area contributed by atoms with E-state index in [0.717, 1.165) is 5.57 Å². The van der Waals surface area contributed by atoms with Crippen LogP contribution in [-0.2, 0) is 38.1 Å². The van der Waals surface area contributed by atoms with Crippen LogP contribution < -0.4 is 0 Å². The summed E-state index contributed by atoms with van der Waals surface area (Å²) in [6.45, 7) is 15.2. The van der Waals surface area contributed by atoms with E-state index >= 15 is 0 Å². The van der Waals surface area contributed by atoms with Crippen molar-refractivity contribution in [1.29, 1.82) is 0 Å². The lowest BCUT2D eigenvalue weighted by molar-refractivity contribution is -0.168. The third kappa shape index (κ3) is 5.35. The maximum Gasteiger partial charge on any atom is 0.333 e. The van der Waals surface area contributed by atoms with E-state index in [-0.39, 0.29) is 6.42 Å². The Bertz CT molecular complexity index is 878. The van der Waals surface area contributed by atoms with Gasteiger partial charge in [0.2, 0.25) is 5.78 Å².